The van der Waals surface area contributed by atoms with E-state index in [4.69, 9.17) is 9.15 Å². The largest absolute Gasteiger partial charge is 0.459 e. The average molecular weight is 207 g/mol. The lowest BCUT2D eigenvalue weighted by Crippen LogP contribution is -2.31. The summed E-state index contributed by atoms with van der Waals surface area (Å²) >= 11 is 0. The first-order chi connectivity index (χ1) is 7.34. The van der Waals surface area contributed by atoms with Crippen LogP contribution in [-0.4, -0.2) is 29.6 Å². The van der Waals surface area contributed by atoms with Gasteiger partial charge in [-0.05, 0) is 18.6 Å². The van der Waals surface area contributed by atoms with Crippen molar-refractivity contribution in [2.45, 2.75) is 12.6 Å². The summed E-state index contributed by atoms with van der Waals surface area (Å²) in [4.78, 5) is 11.5. The Morgan fingerprint density at radius 2 is 2.53 bits per heavy atom. The third-order valence-electron chi connectivity index (χ3n) is 2.72. The molecule has 0 bridgehead atoms. The highest BCUT2D eigenvalue weighted by atomic mass is 16.5. The Bertz CT molecular complexity index is 410. The van der Waals surface area contributed by atoms with E-state index in [1.54, 1.807) is 23.2 Å². The number of ether oxygens (including phenoxy) is 1. The normalized spacial score (nSPS) is 32.0. The van der Waals surface area contributed by atoms with Crippen molar-refractivity contribution in [1.29, 1.82) is 0 Å². The zero-order valence-corrected chi connectivity index (χ0v) is 8.05. The molecule has 5 heteroatoms. The van der Waals surface area contributed by atoms with E-state index in [2.05, 4.69) is 5.43 Å². The van der Waals surface area contributed by atoms with E-state index in [0.29, 0.717) is 12.4 Å². The Morgan fingerprint density at radius 3 is 3.33 bits per heavy atom. The number of carbonyl (C=O) groups is 1. The minimum Gasteiger partial charge on any atom is -0.459 e. The summed E-state index contributed by atoms with van der Waals surface area (Å²) in [6.07, 6.45) is 3.95. The van der Waals surface area contributed by atoms with E-state index in [0.717, 1.165) is 6.42 Å². The number of nitrogens with zero attached hydrogens (tertiary/aromatic N) is 1. The van der Waals surface area contributed by atoms with Gasteiger partial charge in [0.05, 0.1) is 12.9 Å². The second-order valence-electron chi connectivity index (χ2n) is 3.68. The average Bonchev–Trinajstić information content (AvgIpc) is 2.89. The number of amides is 1. The van der Waals surface area contributed by atoms with Gasteiger partial charge in [0, 0.05) is 0 Å². The highest BCUT2D eigenvalue weighted by Gasteiger charge is 2.50. The molecule has 1 N–H and O–H groups in total. The van der Waals surface area contributed by atoms with Crippen LogP contribution in [0, 0.1) is 5.92 Å². The first kappa shape index (κ1) is 8.67. The monoisotopic (exact) mass is 207 g/mol. The van der Waals surface area contributed by atoms with E-state index in [9.17, 15) is 4.79 Å². The van der Waals surface area contributed by atoms with Gasteiger partial charge < -0.3 is 9.15 Å². The Morgan fingerprint density at radius 1 is 1.60 bits per heavy atom. The number of hydrazine groups is 1. The van der Waals surface area contributed by atoms with Gasteiger partial charge in [-0.25, -0.2) is 0 Å². The van der Waals surface area contributed by atoms with Gasteiger partial charge in [0.1, 0.15) is 5.92 Å². The molecule has 15 heavy (non-hydrogen) atoms. The first-order valence-electron chi connectivity index (χ1n) is 4.93. The summed E-state index contributed by atoms with van der Waals surface area (Å²) in [5, 5.41) is 0. The standard InChI is InChI=1S/C10H10N2O3/c13-9-8-3-5-15-10(8)12(11-9)6-7-2-1-4-14-7/h1-2,4,6,8,10H,3,5H2/p+1/b12-6-/t8-,10-/m1/s1. The molecule has 2 aliphatic heterocycles. The number of furan rings is 1. The molecule has 0 spiro atoms. The smallest absolute Gasteiger partial charge is 0.298 e. The van der Waals surface area contributed by atoms with Crippen molar-refractivity contribution in [3.63, 3.8) is 0 Å². The molecule has 1 aromatic heterocycles. The van der Waals surface area contributed by atoms with Crippen LogP contribution in [0.1, 0.15) is 12.2 Å². The number of hydrogen-bond acceptors (Lipinski definition) is 3. The zero-order chi connectivity index (χ0) is 10.3. The molecule has 2 atom stereocenters. The molecule has 2 saturated heterocycles. The maximum atomic E-state index is 11.5. The molecule has 0 unspecified atom stereocenters. The lowest BCUT2D eigenvalue weighted by atomic mass is 10.1. The fraction of sp³-hybridized carbons (Fsp3) is 0.400. The van der Waals surface area contributed by atoms with Gasteiger partial charge in [0.2, 0.25) is 6.21 Å². The molecule has 2 fully saturated rings. The van der Waals surface area contributed by atoms with Crippen molar-refractivity contribution < 1.29 is 18.6 Å². The Hall–Kier alpha value is -1.62. The summed E-state index contributed by atoms with van der Waals surface area (Å²) in [6.45, 7) is 0.644. The topological polar surface area (TPSA) is 54.5 Å². The highest BCUT2D eigenvalue weighted by molar-refractivity contribution is 5.81. The molecule has 0 aromatic carbocycles. The number of fused-ring (bicyclic) bond motifs is 1. The Balaban J connectivity index is 1.91. The van der Waals surface area contributed by atoms with Gasteiger partial charge in [-0.3, -0.25) is 4.79 Å². The minimum atomic E-state index is -0.178. The third kappa shape index (κ3) is 1.35. The lowest BCUT2D eigenvalue weighted by Gasteiger charge is -1.99. The number of rotatable bonds is 1. The first-order valence-corrected chi connectivity index (χ1v) is 4.93. The van der Waals surface area contributed by atoms with Crippen molar-refractivity contribution in [2.24, 2.45) is 5.92 Å². The van der Waals surface area contributed by atoms with E-state index in [1.165, 1.54) is 0 Å². The summed E-state index contributed by atoms with van der Waals surface area (Å²) in [7, 11) is 0. The highest BCUT2D eigenvalue weighted by Crippen LogP contribution is 2.25. The molecular weight excluding hydrogens is 196 g/mol. The quantitative estimate of drug-likeness (QED) is 0.665. The molecule has 0 saturated carbocycles. The van der Waals surface area contributed by atoms with E-state index in [1.807, 2.05) is 6.07 Å². The van der Waals surface area contributed by atoms with Crippen LogP contribution in [0.15, 0.2) is 22.8 Å². The Labute approximate surface area is 86.3 Å². The number of nitrogens with one attached hydrogen (secondary N) is 1. The molecule has 3 heterocycles. The van der Waals surface area contributed by atoms with Crippen LogP contribution >= 0.6 is 0 Å². The van der Waals surface area contributed by atoms with Crippen molar-refractivity contribution in [1.82, 2.24) is 5.43 Å². The van der Waals surface area contributed by atoms with Crippen LogP contribution in [0.2, 0.25) is 0 Å². The fourth-order valence-corrected chi connectivity index (χ4v) is 1.99. The van der Waals surface area contributed by atoms with Crippen molar-refractivity contribution >= 4 is 12.1 Å². The second kappa shape index (κ2) is 3.20. The summed E-state index contributed by atoms with van der Waals surface area (Å²) in [5.74, 6) is 0.683. The number of hydrazone groups is 1. The molecule has 0 aliphatic carbocycles. The van der Waals surface area contributed by atoms with Crippen LogP contribution in [0.4, 0.5) is 0 Å². The molecular formula is C10H11N2O3+. The fourth-order valence-electron chi connectivity index (χ4n) is 1.99. The zero-order valence-electron chi connectivity index (χ0n) is 8.05. The predicted molar refractivity (Wildman–Crippen MR) is 50.1 cm³/mol. The van der Waals surface area contributed by atoms with Crippen LogP contribution < -0.4 is 5.43 Å². The summed E-state index contributed by atoms with van der Waals surface area (Å²) in [6, 6.07) is 3.63. The molecule has 1 aromatic rings. The van der Waals surface area contributed by atoms with Gasteiger partial charge in [0.25, 0.3) is 12.1 Å². The van der Waals surface area contributed by atoms with Gasteiger partial charge in [0.15, 0.2) is 5.76 Å². The SMILES string of the molecule is O=C1N/[N+](=C\c2ccco2)[C@@H]2OCC[C@H]12. The number of hydrogen-bond donors (Lipinski definition) is 1. The van der Waals surface area contributed by atoms with Crippen LogP contribution in [0.25, 0.3) is 0 Å². The Kier molecular flexibility index (Phi) is 1.85. The van der Waals surface area contributed by atoms with Crippen LogP contribution in [0.3, 0.4) is 0 Å². The maximum absolute atomic E-state index is 11.5. The molecule has 5 nitrogen and oxygen atoms in total. The van der Waals surface area contributed by atoms with Gasteiger partial charge >= 0.3 is 0 Å². The number of carbonyl (C=O) groups excluding carboxylic acids is 1. The third-order valence-corrected chi connectivity index (χ3v) is 2.72. The van der Waals surface area contributed by atoms with Gasteiger partial charge in [-0.15, -0.1) is 5.43 Å². The molecule has 3 rings (SSSR count). The van der Waals surface area contributed by atoms with Crippen molar-refractivity contribution in [3.8, 4) is 0 Å². The van der Waals surface area contributed by atoms with Crippen molar-refractivity contribution in [3.05, 3.63) is 24.2 Å². The molecule has 78 valence electrons. The van der Waals surface area contributed by atoms with E-state index >= 15 is 0 Å². The van der Waals surface area contributed by atoms with Gasteiger partial charge in [-0.2, -0.15) is 0 Å². The molecule has 0 radical (unpaired) electrons. The summed E-state index contributed by atoms with van der Waals surface area (Å²) < 4.78 is 12.3. The van der Waals surface area contributed by atoms with E-state index < -0.39 is 0 Å². The molecule has 2 aliphatic rings. The van der Waals surface area contributed by atoms with Gasteiger partial charge in [-0.1, -0.05) is 4.68 Å². The predicted octanol–water partition coefficient (Wildman–Crippen LogP) is 0.118. The molecule has 1 amide bonds. The van der Waals surface area contributed by atoms with Crippen LogP contribution in [0.5, 0.6) is 0 Å². The van der Waals surface area contributed by atoms with Crippen LogP contribution in [-0.2, 0) is 9.53 Å². The van der Waals surface area contributed by atoms with Crippen molar-refractivity contribution in [2.75, 3.05) is 6.61 Å². The van der Waals surface area contributed by atoms with E-state index in [-0.39, 0.29) is 18.1 Å². The second-order valence-corrected chi connectivity index (χ2v) is 3.68. The summed E-state index contributed by atoms with van der Waals surface area (Å²) in [5.41, 5.74) is 2.75. The lowest BCUT2D eigenvalue weighted by molar-refractivity contribution is -0.630. The minimum absolute atomic E-state index is 0.0281. The maximum Gasteiger partial charge on any atom is 0.298 e.